The zero-order valence-corrected chi connectivity index (χ0v) is 11.6. The summed E-state index contributed by atoms with van der Waals surface area (Å²) in [7, 11) is 0. The molecule has 0 aromatic carbocycles. The molecule has 1 aromatic heterocycles. The lowest BCUT2D eigenvalue weighted by atomic mass is 9.98. The second-order valence-electron chi connectivity index (χ2n) is 4.75. The van der Waals surface area contributed by atoms with Gasteiger partial charge in [-0.15, -0.1) is 0 Å². The number of carbonyl (C=O) groups excluding carboxylic acids is 1. The molecule has 0 aliphatic carbocycles. The Labute approximate surface area is 112 Å². The highest BCUT2D eigenvalue weighted by atomic mass is 32.1. The third-order valence-electron chi connectivity index (χ3n) is 3.45. The normalized spacial score (nSPS) is 21.1. The number of carbonyl (C=O) groups is 1. The number of nitrogens with one attached hydrogen (secondary N) is 1. The van der Waals surface area contributed by atoms with Crippen LogP contribution < -0.4 is 11.1 Å². The Balaban J connectivity index is 2.19. The lowest BCUT2D eigenvalue weighted by Gasteiger charge is -2.33. The lowest BCUT2D eigenvalue weighted by Crippen LogP contribution is -2.43. The van der Waals surface area contributed by atoms with E-state index in [0.29, 0.717) is 6.54 Å². The Kier molecular flexibility index (Phi) is 4.74. The van der Waals surface area contributed by atoms with Crippen molar-refractivity contribution in [2.45, 2.75) is 31.8 Å². The van der Waals surface area contributed by atoms with Gasteiger partial charge in [-0.05, 0) is 35.2 Å². The van der Waals surface area contributed by atoms with Crippen molar-refractivity contribution < 1.29 is 4.79 Å². The predicted molar refractivity (Wildman–Crippen MR) is 74.5 cm³/mol. The molecule has 0 bridgehead atoms. The summed E-state index contributed by atoms with van der Waals surface area (Å²) in [6.45, 7) is 4.25. The first kappa shape index (κ1) is 13.5. The van der Waals surface area contributed by atoms with E-state index < -0.39 is 0 Å². The predicted octanol–water partition coefficient (Wildman–Crippen LogP) is 1.35. The van der Waals surface area contributed by atoms with Gasteiger partial charge < -0.3 is 11.1 Å². The van der Waals surface area contributed by atoms with Gasteiger partial charge in [-0.2, -0.15) is 11.3 Å². The Morgan fingerprint density at radius 2 is 2.44 bits per heavy atom. The molecule has 3 N–H and O–H groups in total. The molecule has 1 amide bonds. The van der Waals surface area contributed by atoms with Gasteiger partial charge in [-0.25, -0.2) is 0 Å². The molecule has 1 aliphatic rings. The van der Waals surface area contributed by atoms with Gasteiger partial charge in [0.05, 0.1) is 12.6 Å². The summed E-state index contributed by atoms with van der Waals surface area (Å²) >= 11 is 1.68. The van der Waals surface area contributed by atoms with E-state index in [1.54, 1.807) is 11.3 Å². The Bertz CT molecular complexity index is 380. The van der Waals surface area contributed by atoms with Gasteiger partial charge in [0.1, 0.15) is 0 Å². The fourth-order valence-electron chi connectivity index (χ4n) is 2.46. The number of amides is 1. The fraction of sp³-hybridized carbons (Fsp3) is 0.615. The van der Waals surface area contributed by atoms with Crippen LogP contribution in [0.1, 0.15) is 31.4 Å². The molecular formula is C13H21N3OS. The monoisotopic (exact) mass is 267 g/mol. The highest BCUT2D eigenvalue weighted by Gasteiger charge is 2.28. The molecular weight excluding hydrogens is 246 g/mol. The summed E-state index contributed by atoms with van der Waals surface area (Å²) in [6, 6.07) is 2.35. The number of rotatable bonds is 4. The molecule has 2 rings (SSSR count). The van der Waals surface area contributed by atoms with Crippen LogP contribution >= 0.6 is 11.3 Å². The smallest absolute Gasteiger partial charge is 0.234 e. The first-order valence-electron chi connectivity index (χ1n) is 6.50. The quantitative estimate of drug-likeness (QED) is 0.866. The molecule has 1 fully saturated rings. The van der Waals surface area contributed by atoms with Crippen LogP contribution in [-0.4, -0.2) is 36.5 Å². The fourth-order valence-corrected chi connectivity index (χ4v) is 3.15. The standard InChI is InChI=1S/C13H21N3OS/c1-2-11(14)13(10-4-7-18-9-10)16-6-3-5-15-12(17)8-16/h4,7,9,11,13H,2-3,5-6,8,14H2,1H3,(H,15,17). The van der Waals surface area contributed by atoms with E-state index in [4.69, 9.17) is 5.73 Å². The van der Waals surface area contributed by atoms with Crippen LogP contribution in [0.4, 0.5) is 0 Å². The molecule has 0 saturated carbocycles. The zero-order chi connectivity index (χ0) is 13.0. The van der Waals surface area contributed by atoms with Gasteiger partial charge >= 0.3 is 0 Å². The van der Waals surface area contributed by atoms with E-state index in [-0.39, 0.29) is 18.0 Å². The van der Waals surface area contributed by atoms with Gasteiger partial charge in [0.2, 0.25) is 5.91 Å². The van der Waals surface area contributed by atoms with Gasteiger partial charge in [0.15, 0.2) is 0 Å². The SMILES string of the molecule is CCC(N)C(c1ccsc1)N1CCCNC(=O)C1. The number of hydrogen-bond acceptors (Lipinski definition) is 4. The molecule has 1 aliphatic heterocycles. The van der Waals surface area contributed by atoms with Crippen molar-refractivity contribution in [2.75, 3.05) is 19.6 Å². The Morgan fingerprint density at radius 1 is 1.61 bits per heavy atom. The molecule has 0 spiro atoms. The van der Waals surface area contributed by atoms with Crippen LogP contribution in [0.15, 0.2) is 16.8 Å². The van der Waals surface area contributed by atoms with Crippen LogP contribution in [0.3, 0.4) is 0 Å². The van der Waals surface area contributed by atoms with Gasteiger partial charge in [-0.1, -0.05) is 6.92 Å². The van der Waals surface area contributed by atoms with Gasteiger partial charge in [-0.3, -0.25) is 9.69 Å². The molecule has 1 saturated heterocycles. The minimum absolute atomic E-state index is 0.0745. The van der Waals surface area contributed by atoms with Gasteiger partial charge in [0.25, 0.3) is 0 Å². The van der Waals surface area contributed by atoms with Crippen molar-refractivity contribution in [1.29, 1.82) is 0 Å². The van der Waals surface area contributed by atoms with Crippen molar-refractivity contribution >= 4 is 17.2 Å². The summed E-state index contributed by atoms with van der Waals surface area (Å²) in [5.41, 5.74) is 7.51. The van der Waals surface area contributed by atoms with Crippen molar-refractivity contribution in [3.05, 3.63) is 22.4 Å². The van der Waals surface area contributed by atoms with E-state index in [0.717, 1.165) is 25.9 Å². The van der Waals surface area contributed by atoms with E-state index in [2.05, 4.69) is 34.0 Å². The summed E-state index contributed by atoms with van der Waals surface area (Å²) in [5, 5.41) is 7.13. The van der Waals surface area contributed by atoms with Crippen LogP contribution in [0.5, 0.6) is 0 Å². The maximum absolute atomic E-state index is 11.7. The molecule has 1 aromatic rings. The van der Waals surface area contributed by atoms with Crippen molar-refractivity contribution in [3.63, 3.8) is 0 Å². The average Bonchev–Trinajstić information content (AvgIpc) is 2.79. The number of nitrogens with zero attached hydrogens (tertiary/aromatic N) is 1. The molecule has 0 radical (unpaired) electrons. The molecule has 5 heteroatoms. The summed E-state index contributed by atoms with van der Waals surface area (Å²) in [6.07, 6.45) is 1.90. The van der Waals surface area contributed by atoms with Crippen LogP contribution in [-0.2, 0) is 4.79 Å². The minimum atomic E-state index is 0.0745. The Morgan fingerprint density at radius 3 is 3.11 bits per heavy atom. The maximum Gasteiger partial charge on any atom is 0.234 e. The zero-order valence-electron chi connectivity index (χ0n) is 10.8. The van der Waals surface area contributed by atoms with Crippen LogP contribution in [0.2, 0.25) is 0 Å². The number of thiophene rings is 1. The van der Waals surface area contributed by atoms with Crippen molar-refractivity contribution in [3.8, 4) is 0 Å². The molecule has 18 heavy (non-hydrogen) atoms. The van der Waals surface area contributed by atoms with E-state index in [9.17, 15) is 4.79 Å². The van der Waals surface area contributed by atoms with Gasteiger partial charge in [0, 0.05) is 19.1 Å². The third-order valence-corrected chi connectivity index (χ3v) is 4.15. The molecule has 4 nitrogen and oxygen atoms in total. The summed E-state index contributed by atoms with van der Waals surface area (Å²) in [5.74, 6) is 0.107. The van der Waals surface area contributed by atoms with Crippen molar-refractivity contribution in [2.24, 2.45) is 5.73 Å². The second kappa shape index (κ2) is 6.31. The molecule has 2 unspecified atom stereocenters. The average molecular weight is 267 g/mol. The summed E-state index contributed by atoms with van der Waals surface area (Å²) in [4.78, 5) is 13.9. The number of nitrogens with two attached hydrogens (primary N) is 1. The Hall–Kier alpha value is -0.910. The maximum atomic E-state index is 11.7. The highest BCUT2D eigenvalue weighted by Crippen LogP contribution is 2.27. The van der Waals surface area contributed by atoms with E-state index in [1.807, 2.05) is 0 Å². The lowest BCUT2D eigenvalue weighted by molar-refractivity contribution is -0.122. The first-order chi connectivity index (χ1) is 8.72. The molecule has 100 valence electrons. The largest absolute Gasteiger partial charge is 0.355 e. The van der Waals surface area contributed by atoms with E-state index in [1.165, 1.54) is 5.56 Å². The topological polar surface area (TPSA) is 58.4 Å². The van der Waals surface area contributed by atoms with Crippen molar-refractivity contribution in [1.82, 2.24) is 10.2 Å². The number of hydrogen-bond donors (Lipinski definition) is 2. The molecule has 2 heterocycles. The van der Waals surface area contributed by atoms with Crippen LogP contribution in [0.25, 0.3) is 0 Å². The highest BCUT2D eigenvalue weighted by molar-refractivity contribution is 7.07. The second-order valence-corrected chi connectivity index (χ2v) is 5.53. The summed E-state index contributed by atoms with van der Waals surface area (Å²) < 4.78 is 0. The third kappa shape index (κ3) is 3.10. The van der Waals surface area contributed by atoms with E-state index >= 15 is 0 Å². The minimum Gasteiger partial charge on any atom is -0.355 e. The molecule has 2 atom stereocenters. The van der Waals surface area contributed by atoms with Crippen LogP contribution in [0, 0.1) is 0 Å². The first-order valence-corrected chi connectivity index (χ1v) is 7.45.